The first kappa shape index (κ1) is 16.7. The first-order chi connectivity index (χ1) is 11.0. The maximum atomic E-state index is 12.3. The lowest BCUT2D eigenvalue weighted by Gasteiger charge is -2.12. The van der Waals surface area contributed by atoms with Crippen molar-refractivity contribution in [1.29, 1.82) is 0 Å². The molecule has 0 aromatic heterocycles. The smallest absolute Gasteiger partial charge is 0.255 e. The zero-order valence-electron chi connectivity index (χ0n) is 13.6. The average Bonchev–Trinajstić information content (AvgIpc) is 2.50. The summed E-state index contributed by atoms with van der Waals surface area (Å²) in [4.78, 5) is 12.3. The number of nitrogens with two attached hydrogens (primary N) is 1. The topological polar surface area (TPSA) is 73.6 Å². The number of carbonyl (C=O) groups excluding carboxylic acids is 1. The molecule has 5 heteroatoms. The molecule has 3 N–H and O–H groups in total. The van der Waals surface area contributed by atoms with E-state index in [9.17, 15) is 4.79 Å². The van der Waals surface area contributed by atoms with E-state index in [1.54, 1.807) is 42.5 Å². The van der Waals surface area contributed by atoms with Gasteiger partial charge in [0.05, 0.1) is 24.1 Å². The fourth-order valence-electron chi connectivity index (χ4n) is 2.06. The lowest BCUT2D eigenvalue weighted by Crippen LogP contribution is -2.13. The highest BCUT2D eigenvalue weighted by molar-refractivity contribution is 6.05. The van der Waals surface area contributed by atoms with Crippen LogP contribution < -0.4 is 20.5 Å². The molecule has 0 aliphatic heterocycles. The van der Waals surface area contributed by atoms with E-state index in [4.69, 9.17) is 15.2 Å². The van der Waals surface area contributed by atoms with Crippen molar-refractivity contribution >= 4 is 17.3 Å². The van der Waals surface area contributed by atoms with E-state index in [1.165, 1.54) is 0 Å². The first-order valence-corrected chi connectivity index (χ1v) is 7.60. The van der Waals surface area contributed by atoms with Gasteiger partial charge in [0, 0.05) is 11.6 Å². The Hall–Kier alpha value is -2.69. The molecule has 1 amide bonds. The normalized spacial score (nSPS) is 10.4. The molecule has 0 saturated heterocycles. The van der Waals surface area contributed by atoms with Crippen molar-refractivity contribution in [1.82, 2.24) is 0 Å². The van der Waals surface area contributed by atoms with Gasteiger partial charge in [-0.1, -0.05) is 0 Å². The van der Waals surface area contributed by atoms with Crippen LogP contribution in [0.15, 0.2) is 42.5 Å². The predicted octanol–water partition coefficient (Wildman–Crippen LogP) is 3.71. The SMILES string of the molecule is CCOc1ccc(NC(=O)c2ccc(OC(C)C)cc2)c(N)c1. The highest BCUT2D eigenvalue weighted by Crippen LogP contribution is 2.25. The molecule has 0 aliphatic rings. The van der Waals surface area contributed by atoms with E-state index in [1.807, 2.05) is 20.8 Å². The summed E-state index contributed by atoms with van der Waals surface area (Å²) >= 11 is 0. The van der Waals surface area contributed by atoms with Crippen LogP contribution in [0.5, 0.6) is 11.5 Å². The molecule has 0 heterocycles. The zero-order chi connectivity index (χ0) is 16.8. The maximum Gasteiger partial charge on any atom is 0.255 e. The third-order valence-electron chi connectivity index (χ3n) is 3.07. The quantitative estimate of drug-likeness (QED) is 0.797. The van der Waals surface area contributed by atoms with Gasteiger partial charge in [-0.15, -0.1) is 0 Å². The Bertz CT molecular complexity index is 666. The summed E-state index contributed by atoms with van der Waals surface area (Å²) in [6.07, 6.45) is 0.0957. The largest absolute Gasteiger partial charge is 0.494 e. The van der Waals surface area contributed by atoms with E-state index in [0.29, 0.717) is 29.3 Å². The lowest BCUT2D eigenvalue weighted by atomic mass is 10.2. The number of carbonyl (C=O) groups is 1. The Labute approximate surface area is 136 Å². The van der Waals surface area contributed by atoms with Crippen LogP contribution in [0.4, 0.5) is 11.4 Å². The number of amides is 1. The summed E-state index contributed by atoms with van der Waals surface area (Å²) in [5.74, 6) is 1.19. The minimum atomic E-state index is -0.225. The van der Waals surface area contributed by atoms with Crippen LogP contribution in [-0.4, -0.2) is 18.6 Å². The van der Waals surface area contributed by atoms with Gasteiger partial charge in [-0.25, -0.2) is 0 Å². The summed E-state index contributed by atoms with van der Waals surface area (Å²) in [6, 6.07) is 12.2. The molecule has 0 unspecified atom stereocenters. The van der Waals surface area contributed by atoms with Gasteiger partial charge < -0.3 is 20.5 Å². The molecule has 23 heavy (non-hydrogen) atoms. The molecular weight excluding hydrogens is 292 g/mol. The van der Waals surface area contributed by atoms with Crippen LogP contribution in [0.2, 0.25) is 0 Å². The van der Waals surface area contributed by atoms with Crippen LogP contribution in [0.25, 0.3) is 0 Å². The summed E-state index contributed by atoms with van der Waals surface area (Å²) < 4.78 is 10.9. The number of rotatable bonds is 6. The molecule has 0 aliphatic carbocycles. The van der Waals surface area contributed by atoms with Gasteiger partial charge in [-0.2, -0.15) is 0 Å². The maximum absolute atomic E-state index is 12.3. The van der Waals surface area contributed by atoms with Gasteiger partial charge in [0.1, 0.15) is 11.5 Å². The number of hydrogen-bond donors (Lipinski definition) is 2. The number of nitrogens with one attached hydrogen (secondary N) is 1. The van der Waals surface area contributed by atoms with Crippen molar-refractivity contribution in [3.63, 3.8) is 0 Å². The molecule has 0 saturated carbocycles. The Morgan fingerprint density at radius 1 is 1.13 bits per heavy atom. The fourth-order valence-corrected chi connectivity index (χ4v) is 2.06. The molecule has 0 spiro atoms. The lowest BCUT2D eigenvalue weighted by molar-refractivity contribution is 0.102. The highest BCUT2D eigenvalue weighted by atomic mass is 16.5. The van der Waals surface area contributed by atoms with E-state index >= 15 is 0 Å². The van der Waals surface area contributed by atoms with Crippen molar-refractivity contribution in [3.8, 4) is 11.5 Å². The summed E-state index contributed by atoms with van der Waals surface area (Å²) in [5, 5.41) is 2.80. The van der Waals surface area contributed by atoms with E-state index in [-0.39, 0.29) is 12.0 Å². The summed E-state index contributed by atoms with van der Waals surface area (Å²) in [6.45, 7) is 6.37. The third-order valence-corrected chi connectivity index (χ3v) is 3.07. The first-order valence-electron chi connectivity index (χ1n) is 7.60. The highest BCUT2D eigenvalue weighted by Gasteiger charge is 2.09. The summed E-state index contributed by atoms with van der Waals surface area (Å²) in [5.41, 5.74) is 7.50. The van der Waals surface area contributed by atoms with Crippen LogP contribution in [0.1, 0.15) is 31.1 Å². The molecule has 5 nitrogen and oxygen atoms in total. The minimum Gasteiger partial charge on any atom is -0.494 e. The molecule has 2 rings (SSSR count). The second-order valence-electron chi connectivity index (χ2n) is 5.33. The van der Waals surface area contributed by atoms with E-state index in [0.717, 1.165) is 5.75 Å². The average molecular weight is 314 g/mol. The second kappa shape index (κ2) is 7.54. The number of benzene rings is 2. The van der Waals surface area contributed by atoms with Crippen LogP contribution in [-0.2, 0) is 0 Å². The fraction of sp³-hybridized carbons (Fsp3) is 0.278. The van der Waals surface area contributed by atoms with Crippen molar-refractivity contribution in [2.45, 2.75) is 26.9 Å². The van der Waals surface area contributed by atoms with Crippen LogP contribution in [0.3, 0.4) is 0 Å². The van der Waals surface area contributed by atoms with Crippen molar-refractivity contribution in [2.75, 3.05) is 17.7 Å². The van der Waals surface area contributed by atoms with Gasteiger partial charge in [0.25, 0.3) is 5.91 Å². The van der Waals surface area contributed by atoms with Crippen molar-refractivity contribution in [3.05, 3.63) is 48.0 Å². The number of anilines is 2. The second-order valence-corrected chi connectivity index (χ2v) is 5.33. The van der Waals surface area contributed by atoms with Gasteiger partial charge in [0.2, 0.25) is 0 Å². The molecule has 122 valence electrons. The van der Waals surface area contributed by atoms with Crippen LogP contribution in [0, 0.1) is 0 Å². The molecule has 0 bridgehead atoms. The standard InChI is InChI=1S/C18H22N2O3/c1-4-22-15-9-10-17(16(19)11-15)20-18(21)13-5-7-14(8-6-13)23-12(2)3/h5-12H,4,19H2,1-3H3,(H,20,21). The van der Waals surface area contributed by atoms with Gasteiger partial charge in [-0.3, -0.25) is 4.79 Å². The molecule has 0 atom stereocenters. The van der Waals surface area contributed by atoms with E-state index in [2.05, 4.69) is 5.32 Å². The van der Waals surface area contributed by atoms with Gasteiger partial charge in [0.15, 0.2) is 0 Å². The molecule has 0 fully saturated rings. The summed E-state index contributed by atoms with van der Waals surface area (Å²) in [7, 11) is 0. The van der Waals surface area contributed by atoms with Crippen molar-refractivity contribution in [2.24, 2.45) is 0 Å². The predicted molar refractivity (Wildman–Crippen MR) is 92.2 cm³/mol. The Balaban J connectivity index is 2.06. The molecule has 0 radical (unpaired) electrons. The Morgan fingerprint density at radius 3 is 2.35 bits per heavy atom. The van der Waals surface area contributed by atoms with Crippen molar-refractivity contribution < 1.29 is 14.3 Å². The Morgan fingerprint density at radius 2 is 1.78 bits per heavy atom. The molecule has 2 aromatic rings. The number of hydrogen-bond acceptors (Lipinski definition) is 4. The Kier molecular flexibility index (Phi) is 5.46. The number of ether oxygens (including phenoxy) is 2. The third kappa shape index (κ3) is 4.64. The zero-order valence-corrected chi connectivity index (χ0v) is 13.6. The van der Waals surface area contributed by atoms with Gasteiger partial charge in [-0.05, 0) is 57.2 Å². The minimum absolute atomic E-state index is 0.0957. The van der Waals surface area contributed by atoms with Crippen LogP contribution >= 0.6 is 0 Å². The molecule has 2 aromatic carbocycles. The number of nitrogen functional groups attached to an aromatic ring is 1. The van der Waals surface area contributed by atoms with E-state index < -0.39 is 0 Å². The molecular formula is C18H22N2O3. The monoisotopic (exact) mass is 314 g/mol. The van der Waals surface area contributed by atoms with Gasteiger partial charge >= 0.3 is 0 Å².